The summed E-state index contributed by atoms with van der Waals surface area (Å²) >= 11 is 12.0. The highest BCUT2D eigenvalue weighted by molar-refractivity contribution is 6.35. The molecule has 6 nitrogen and oxygen atoms in total. The van der Waals surface area contributed by atoms with E-state index in [0.717, 1.165) is 37.4 Å². The number of hydrogen-bond donors (Lipinski definition) is 2. The first-order valence-electron chi connectivity index (χ1n) is 9.06. The zero-order valence-electron chi connectivity index (χ0n) is 15.4. The van der Waals surface area contributed by atoms with Crippen molar-refractivity contribution in [1.29, 1.82) is 0 Å². The van der Waals surface area contributed by atoms with Gasteiger partial charge >= 0.3 is 0 Å². The Kier molecular flexibility index (Phi) is 6.39. The number of nitrogens with one attached hydrogen (secondary N) is 2. The van der Waals surface area contributed by atoms with Gasteiger partial charge < -0.3 is 15.5 Å². The summed E-state index contributed by atoms with van der Waals surface area (Å²) in [6.07, 6.45) is 1.86. The molecule has 1 unspecified atom stereocenters. The molecule has 0 saturated carbocycles. The first-order chi connectivity index (χ1) is 12.9. The van der Waals surface area contributed by atoms with Crippen LogP contribution in [0.5, 0.6) is 0 Å². The SMILES string of the molecule is CCNc1cc(C)nc(N2CCCC(NC(=O)c3cc(Cl)cc(Cl)c3)C2)n1. The van der Waals surface area contributed by atoms with Crippen molar-refractivity contribution in [2.75, 3.05) is 29.9 Å². The normalized spacial score (nSPS) is 16.9. The first-order valence-corrected chi connectivity index (χ1v) is 9.81. The van der Waals surface area contributed by atoms with Gasteiger partial charge in [0.1, 0.15) is 5.82 Å². The van der Waals surface area contributed by atoms with Gasteiger partial charge in [0, 0.05) is 53.0 Å². The fourth-order valence-corrected chi connectivity index (χ4v) is 3.72. The van der Waals surface area contributed by atoms with Crippen molar-refractivity contribution in [3.05, 3.63) is 45.6 Å². The number of benzene rings is 1. The standard InChI is InChI=1S/C19H23Cl2N5O/c1-3-22-17-7-12(2)23-19(25-17)26-6-4-5-16(11-26)24-18(27)13-8-14(20)10-15(21)9-13/h7-10,16H,3-6,11H2,1-2H3,(H,24,27)(H,22,23,25). The summed E-state index contributed by atoms with van der Waals surface area (Å²) in [7, 11) is 0. The number of aryl methyl sites for hydroxylation is 1. The Morgan fingerprint density at radius 3 is 2.67 bits per heavy atom. The lowest BCUT2D eigenvalue weighted by Gasteiger charge is -2.33. The maximum atomic E-state index is 12.6. The van der Waals surface area contributed by atoms with E-state index in [1.165, 1.54) is 0 Å². The third kappa shape index (κ3) is 5.23. The van der Waals surface area contributed by atoms with Crippen molar-refractivity contribution in [1.82, 2.24) is 15.3 Å². The van der Waals surface area contributed by atoms with E-state index >= 15 is 0 Å². The fourth-order valence-electron chi connectivity index (χ4n) is 3.20. The molecule has 1 atom stereocenters. The quantitative estimate of drug-likeness (QED) is 0.785. The molecule has 2 aromatic rings. The summed E-state index contributed by atoms with van der Waals surface area (Å²) < 4.78 is 0. The first kappa shape index (κ1) is 19.7. The van der Waals surface area contributed by atoms with E-state index in [1.807, 2.05) is 19.9 Å². The second kappa shape index (κ2) is 8.76. The molecule has 2 heterocycles. The Balaban J connectivity index is 1.70. The molecule has 27 heavy (non-hydrogen) atoms. The molecule has 144 valence electrons. The Morgan fingerprint density at radius 1 is 1.22 bits per heavy atom. The van der Waals surface area contributed by atoms with E-state index in [9.17, 15) is 4.79 Å². The highest BCUT2D eigenvalue weighted by atomic mass is 35.5. The number of anilines is 2. The number of amides is 1. The van der Waals surface area contributed by atoms with Crippen LogP contribution >= 0.6 is 23.2 Å². The molecule has 1 aliphatic rings. The molecule has 1 aromatic heterocycles. The molecule has 0 spiro atoms. The Labute approximate surface area is 169 Å². The predicted molar refractivity (Wildman–Crippen MR) is 110 cm³/mol. The van der Waals surface area contributed by atoms with Crippen LogP contribution in [-0.4, -0.2) is 41.6 Å². The number of carbonyl (C=O) groups excluding carboxylic acids is 1. The monoisotopic (exact) mass is 407 g/mol. The zero-order chi connectivity index (χ0) is 19.4. The number of hydrogen-bond acceptors (Lipinski definition) is 5. The number of halogens is 2. The summed E-state index contributed by atoms with van der Waals surface area (Å²) in [6, 6.07) is 6.79. The summed E-state index contributed by atoms with van der Waals surface area (Å²) in [6.45, 7) is 6.32. The van der Waals surface area contributed by atoms with Crippen LogP contribution < -0.4 is 15.5 Å². The van der Waals surface area contributed by atoms with Crippen molar-refractivity contribution in [3.8, 4) is 0 Å². The minimum absolute atomic E-state index is 0.00991. The van der Waals surface area contributed by atoms with Crippen LogP contribution in [0.3, 0.4) is 0 Å². The lowest BCUT2D eigenvalue weighted by molar-refractivity contribution is 0.0933. The predicted octanol–water partition coefficient (Wildman–Crippen LogP) is 3.92. The molecule has 1 amide bonds. The van der Waals surface area contributed by atoms with Crippen LogP contribution in [0.15, 0.2) is 24.3 Å². The van der Waals surface area contributed by atoms with Gasteiger partial charge in [-0.1, -0.05) is 23.2 Å². The van der Waals surface area contributed by atoms with E-state index in [-0.39, 0.29) is 11.9 Å². The van der Waals surface area contributed by atoms with Gasteiger partial charge in [-0.2, -0.15) is 4.98 Å². The maximum absolute atomic E-state index is 12.6. The minimum atomic E-state index is -0.176. The molecule has 1 aromatic carbocycles. The van der Waals surface area contributed by atoms with Gasteiger partial charge in [0.25, 0.3) is 5.91 Å². The topological polar surface area (TPSA) is 70.2 Å². The second-order valence-electron chi connectivity index (χ2n) is 6.64. The van der Waals surface area contributed by atoms with Crippen LogP contribution in [0.25, 0.3) is 0 Å². The van der Waals surface area contributed by atoms with Crippen LogP contribution in [0, 0.1) is 6.92 Å². The summed E-state index contributed by atoms with van der Waals surface area (Å²) in [5, 5.41) is 7.20. The highest BCUT2D eigenvalue weighted by Gasteiger charge is 2.24. The summed E-state index contributed by atoms with van der Waals surface area (Å²) in [5.74, 6) is 1.33. The van der Waals surface area contributed by atoms with Crippen LogP contribution in [-0.2, 0) is 0 Å². The van der Waals surface area contributed by atoms with Gasteiger partial charge in [-0.3, -0.25) is 4.79 Å². The molecular weight excluding hydrogens is 385 g/mol. The van der Waals surface area contributed by atoms with Gasteiger partial charge in [0.15, 0.2) is 0 Å². The van der Waals surface area contributed by atoms with E-state index in [0.29, 0.717) is 28.1 Å². The summed E-state index contributed by atoms with van der Waals surface area (Å²) in [4.78, 5) is 23.8. The molecular formula is C19H23Cl2N5O. The van der Waals surface area contributed by atoms with E-state index < -0.39 is 0 Å². The maximum Gasteiger partial charge on any atom is 0.251 e. The molecule has 0 aliphatic carbocycles. The number of nitrogens with zero attached hydrogens (tertiary/aromatic N) is 3. The third-order valence-corrected chi connectivity index (χ3v) is 4.80. The van der Waals surface area contributed by atoms with Crippen LogP contribution in [0.4, 0.5) is 11.8 Å². The molecule has 1 aliphatic heterocycles. The average molecular weight is 408 g/mol. The van der Waals surface area contributed by atoms with Crippen molar-refractivity contribution in [2.45, 2.75) is 32.7 Å². The number of piperidine rings is 1. The third-order valence-electron chi connectivity index (χ3n) is 4.36. The Hall–Kier alpha value is -2.05. The number of rotatable bonds is 5. The van der Waals surface area contributed by atoms with Crippen LogP contribution in [0.1, 0.15) is 35.8 Å². The molecule has 0 radical (unpaired) electrons. The van der Waals surface area contributed by atoms with E-state index in [4.69, 9.17) is 23.2 Å². The Bertz CT molecular complexity index is 809. The molecule has 2 N–H and O–H groups in total. The van der Waals surface area contributed by atoms with Gasteiger partial charge in [-0.25, -0.2) is 4.98 Å². The van der Waals surface area contributed by atoms with E-state index in [1.54, 1.807) is 18.2 Å². The minimum Gasteiger partial charge on any atom is -0.370 e. The number of aromatic nitrogens is 2. The zero-order valence-corrected chi connectivity index (χ0v) is 16.9. The Morgan fingerprint density at radius 2 is 1.96 bits per heavy atom. The van der Waals surface area contributed by atoms with Gasteiger partial charge in [-0.05, 0) is 44.9 Å². The molecule has 3 rings (SSSR count). The van der Waals surface area contributed by atoms with Crippen LogP contribution in [0.2, 0.25) is 10.0 Å². The number of carbonyl (C=O) groups is 1. The smallest absolute Gasteiger partial charge is 0.251 e. The van der Waals surface area contributed by atoms with Crippen molar-refractivity contribution in [3.63, 3.8) is 0 Å². The molecule has 8 heteroatoms. The van der Waals surface area contributed by atoms with Crippen molar-refractivity contribution < 1.29 is 4.79 Å². The van der Waals surface area contributed by atoms with Gasteiger partial charge in [0.2, 0.25) is 5.95 Å². The van der Waals surface area contributed by atoms with Crippen molar-refractivity contribution >= 4 is 40.9 Å². The van der Waals surface area contributed by atoms with Gasteiger partial charge in [-0.15, -0.1) is 0 Å². The largest absolute Gasteiger partial charge is 0.370 e. The molecule has 1 saturated heterocycles. The van der Waals surface area contributed by atoms with E-state index in [2.05, 4.69) is 25.5 Å². The lowest BCUT2D eigenvalue weighted by Crippen LogP contribution is -2.48. The molecule has 0 bridgehead atoms. The second-order valence-corrected chi connectivity index (χ2v) is 7.51. The molecule has 1 fully saturated rings. The van der Waals surface area contributed by atoms with Crippen molar-refractivity contribution in [2.24, 2.45) is 0 Å². The van der Waals surface area contributed by atoms with Gasteiger partial charge in [0.05, 0.1) is 0 Å². The lowest BCUT2D eigenvalue weighted by atomic mass is 10.1. The summed E-state index contributed by atoms with van der Waals surface area (Å²) in [5.41, 5.74) is 1.38. The fraction of sp³-hybridized carbons (Fsp3) is 0.421. The highest BCUT2D eigenvalue weighted by Crippen LogP contribution is 2.21. The average Bonchev–Trinajstić information content (AvgIpc) is 2.61.